The third-order valence-electron chi connectivity index (χ3n) is 2.06. The Morgan fingerprint density at radius 3 is 2.79 bits per heavy atom. The van der Waals surface area contributed by atoms with Crippen molar-refractivity contribution in [3.05, 3.63) is 34.3 Å². The predicted molar refractivity (Wildman–Crippen MR) is 54.8 cm³/mol. The van der Waals surface area contributed by atoms with Crippen molar-refractivity contribution >= 4 is 11.6 Å². The topological polar surface area (TPSA) is 70.0 Å². The van der Waals surface area contributed by atoms with Gasteiger partial charge in [-0.2, -0.15) is 5.26 Å². The molecular formula is C10H11ClN2O. The Labute approximate surface area is 87.7 Å². The van der Waals surface area contributed by atoms with E-state index in [4.69, 9.17) is 27.7 Å². The first-order valence-electron chi connectivity index (χ1n) is 4.12. The van der Waals surface area contributed by atoms with Gasteiger partial charge < -0.3 is 10.8 Å². The van der Waals surface area contributed by atoms with Gasteiger partial charge in [0.1, 0.15) is 6.07 Å². The van der Waals surface area contributed by atoms with Crippen LogP contribution in [0.1, 0.15) is 18.1 Å². The minimum absolute atomic E-state index is 0.221. The first-order valence-corrected chi connectivity index (χ1v) is 4.49. The quantitative estimate of drug-likeness (QED) is 0.775. The Morgan fingerprint density at radius 2 is 2.29 bits per heavy atom. The van der Waals surface area contributed by atoms with Crippen LogP contribution < -0.4 is 5.73 Å². The third-order valence-corrected chi connectivity index (χ3v) is 2.47. The molecule has 0 aromatic heterocycles. The summed E-state index contributed by atoms with van der Waals surface area (Å²) in [5.41, 5.74) is 5.86. The highest BCUT2D eigenvalue weighted by molar-refractivity contribution is 6.32. The van der Waals surface area contributed by atoms with Crippen molar-refractivity contribution in [3.8, 4) is 6.07 Å². The molecule has 0 amide bonds. The number of nitrogens with zero attached hydrogens (tertiary/aromatic N) is 1. The van der Waals surface area contributed by atoms with Crippen LogP contribution in [-0.2, 0) is 5.54 Å². The summed E-state index contributed by atoms with van der Waals surface area (Å²) in [6, 6.07) is 6.98. The van der Waals surface area contributed by atoms with E-state index in [-0.39, 0.29) is 6.61 Å². The predicted octanol–water partition coefficient (Wildman–Crippen LogP) is 1.38. The van der Waals surface area contributed by atoms with Gasteiger partial charge in [0.15, 0.2) is 0 Å². The van der Waals surface area contributed by atoms with Crippen LogP contribution in [0.4, 0.5) is 0 Å². The average molecular weight is 211 g/mol. The minimum Gasteiger partial charge on any atom is -0.394 e. The van der Waals surface area contributed by atoms with Gasteiger partial charge >= 0.3 is 0 Å². The lowest BCUT2D eigenvalue weighted by molar-refractivity contribution is 0.210. The zero-order valence-electron chi connectivity index (χ0n) is 7.79. The number of hydrogen-bond acceptors (Lipinski definition) is 3. The Hall–Kier alpha value is -1.08. The molecule has 74 valence electrons. The van der Waals surface area contributed by atoms with E-state index in [9.17, 15) is 0 Å². The van der Waals surface area contributed by atoms with Crippen LogP contribution in [0.5, 0.6) is 0 Å². The Bertz CT molecular complexity index is 382. The van der Waals surface area contributed by atoms with Crippen LogP contribution in [-0.4, -0.2) is 11.7 Å². The van der Waals surface area contributed by atoms with Crippen molar-refractivity contribution in [2.75, 3.05) is 6.61 Å². The number of hydrogen-bond donors (Lipinski definition) is 2. The van der Waals surface area contributed by atoms with Gasteiger partial charge in [0.25, 0.3) is 0 Å². The highest BCUT2D eigenvalue weighted by atomic mass is 35.5. The molecule has 0 bridgehead atoms. The van der Waals surface area contributed by atoms with E-state index in [1.54, 1.807) is 25.1 Å². The zero-order valence-corrected chi connectivity index (χ0v) is 8.54. The van der Waals surface area contributed by atoms with Gasteiger partial charge in [-0.15, -0.1) is 0 Å². The van der Waals surface area contributed by atoms with E-state index in [0.29, 0.717) is 16.1 Å². The molecule has 0 heterocycles. The number of nitriles is 1. The number of aliphatic hydroxyl groups is 1. The first-order chi connectivity index (χ1) is 6.53. The van der Waals surface area contributed by atoms with E-state index in [0.717, 1.165) is 0 Å². The van der Waals surface area contributed by atoms with Crippen LogP contribution in [0.2, 0.25) is 5.02 Å². The van der Waals surface area contributed by atoms with Gasteiger partial charge in [-0.25, -0.2) is 0 Å². The molecule has 0 aliphatic carbocycles. The van der Waals surface area contributed by atoms with Crippen molar-refractivity contribution < 1.29 is 5.11 Å². The second kappa shape index (κ2) is 3.97. The van der Waals surface area contributed by atoms with Gasteiger partial charge in [0.05, 0.1) is 22.7 Å². The van der Waals surface area contributed by atoms with Crippen LogP contribution in [0.3, 0.4) is 0 Å². The molecule has 1 aromatic rings. The lowest BCUT2D eigenvalue weighted by Gasteiger charge is -2.23. The highest BCUT2D eigenvalue weighted by Crippen LogP contribution is 2.28. The monoisotopic (exact) mass is 210 g/mol. The molecule has 0 radical (unpaired) electrons. The molecule has 1 aromatic carbocycles. The highest BCUT2D eigenvalue weighted by Gasteiger charge is 2.23. The molecular weight excluding hydrogens is 200 g/mol. The van der Waals surface area contributed by atoms with Crippen LogP contribution in [0.25, 0.3) is 0 Å². The van der Waals surface area contributed by atoms with E-state index >= 15 is 0 Å². The van der Waals surface area contributed by atoms with Crippen molar-refractivity contribution in [2.24, 2.45) is 5.73 Å². The summed E-state index contributed by atoms with van der Waals surface area (Å²) in [5.74, 6) is 0. The molecule has 0 fully saturated rings. The molecule has 4 heteroatoms. The molecule has 0 saturated carbocycles. The average Bonchev–Trinajstić information content (AvgIpc) is 2.18. The lowest BCUT2D eigenvalue weighted by atomic mass is 9.93. The Kier molecular flexibility index (Phi) is 3.12. The van der Waals surface area contributed by atoms with Crippen LogP contribution >= 0.6 is 11.6 Å². The fraction of sp³-hybridized carbons (Fsp3) is 0.300. The fourth-order valence-electron chi connectivity index (χ4n) is 1.14. The van der Waals surface area contributed by atoms with Gasteiger partial charge in [-0.1, -0.05) is 23.7 Å². The molecule has 1 atom stereocenters. The normalized spacial score (nSPS) is 14.5. The maximum atomic E-state index is 9.07. The molecule has 0 unspecified atom stereocenters. The number of halogens is 1. The van der Waals surface area contributed by atoms with Gasteiger partial charge in [-0.05, 0) is 18.6 Å². The molecule has 1 rings (SSSR count). The smallest absolute Gasteiger partial charge is 0.101 e. The number of nitrogens with two attached hydrogens (primary N) is 1. The van der Waals surface area contributed by atoms with E-state index in [1.165, 1.54) is 0 Å². The summed E-state index contributed by atoms with van der Waals surface area (Å²) in [6.07, 6.45) is 0. The molecule has 14 heavy (non-hydrogen) atoms. The molecule has 3 nitrogen and oxygen atoms in total. The molecule has 3 N–H and O–H groups in total. The summed E-state index contributed by atoms with van der Waals surface area (Å²) < 4.78 is 0. The zero-order chi connectivity index (χ0) is 10.8. The first kappa shape index (κ1) is 11.0. The summed E-state index contributed by atoms with van der Waals surface area (Å²) >= 11 is 5.96. The number of rotatable bonds is 2. The van der Waals surface area contributed by atoms with E-state index in [2.05, 4.69) is 0 Å². The van der Waals surface area contributed by atoms with Gasteiger partial charge in [-0.3, -0.25) is 0 Å². The van der Waals surface area contributed by atoms with Crippen molar-refractivity contribution in [1.29, 1.82) is 5.26 Å². The van der Waals surface area contributed by atoms with E-state index in [1.807, 2.05) is 6.07 Å². The molecule has 0 saturated heterocycles. The summed E-state index contributed by atoms with van der Waals surface area (Å²) in [7, 11) is 0. The minimum atomic E-state index is -0.913. The van der Waals surface area contributed by atoms with Crippen molar-refractivity contribution in [1.82, 2.24) is 0 Å². The molecule has 0 aliphatic heterocycles. The fourth-order valence-corrected chi connectivity index (χ4v) is 1.53. The lowest BCUT2D eigenvalue weighted by Crippen LogP contribution is -2.37. The number of aliphatic hydroxyl groups excluding tert-OH is 1. The maximum absolute atomic E-state index is 9.07. The van der Waals surface area contributed by atoms with E-state index < -0.39 is 5.54 Å². The van der Waals surface area contributed by atoms with Gasteiger partial charge in [0, 0.05) is 0 Å². The third kappa shape index (κ3) is 1.88. The molecule has 0 aliphatic rings. The number of benzene rings is 1. The molecule has 0 spiro atoms. The summed E-state index contributed by atoms with van der Waals surface area (Å²) in [5, 5.41) is 18.1. The summed E-state index contributed by atoms with van der Waals surface area (Å²) in [6.45, 7) is 1.44. The Morgan fingerprint density at radius 1 is 1.64 bits per heavy atom. The van der Waals surface area contributed by atoms with Crippen molar-refractivity contribution in [3.63, 3.8) is 0 Å². The van der Waals surface area contributed by atoms with Crippen LogP contribution in [0, 0.1) is 11.3 Å². The SMILES string of the molecule is C[C@](N)(CO)c1cccc(C#N)c1Cl. The maximum Gasteiger partial charge on any atom is 0.101 e. The van der Waals surface area contributed by atoms with Gasteiger partial charge in [0.2, 0.25) is 0 Å². The second-order valence-electron chi connectivity index (χ2n) is 3.35. The Balaban J connectivity index is 3.31. The summed E-state index contributed by atoms with van der Waals surface area (Å²) in [4.78, 5) is 0. The largest absolute Gasteiger partial charge is 0.394 e. The van der Waals surface area contributed by atoms with Crippen molar-refractivity contribution in [2.45, 2.75) is 12.5 Å². The second-order valence-corrected chi connectivity index (χ2v) is 3.73. The van der Waals surface area contributed by atoms with Crippen LogP contribution in [0.15, 0.2) is 18.2 Å². The standard InChI is InChI=1S/C10H11ClN2O/c1-10(13,6-14)8-4-2-3-7(5-12)9(8)11/h2-4,14H,6,13H2,1H3/t10-/m0/s1.